The Morgan fingerprint density at radius 3 is 2.56 bits per heavy atom. The van der Waals surface area contributed by atoms with Crippen LogP contribution < -0.4 is 10.1 Å². The monoisotopic (exact) mass is 345 g/mol. The molecule has 0 saturated carbocycles. The summed E-state index contributed by atoms with van der Waals surface area (Å²) in [6.07, 6.45) is 0.119. The number of carboxylic acid groups (broad SMARTS) is 1. The molecule has 1 amide bonds. The quantitative estimate of drug-likeness (QED) is 0.768. The van der Waals surface area contributed by atoms with E-state index >= 15 is 0 Å². The lowest BCUT2D eigenvalue weighted by atomic mass is 10.1. The van der Waals surface area contributed by atoms with E-state index in [0.29, 0.717) is 18.7 Å². The SMILES string of the molecule is CC(CCOc1ccccc1)C(=O)Nc1ccc(CC(=O)O)c(F)c1. The summed E-state index contributed by atoms with van der Waals surface area (Å²) >= 11 is 0. The zero-order chi connectivity index (χ0) is 18.2. The Balaban J connectivity index is 1.84. The van der Waals surface area contributed by atoms with Crippen molar-refractivity contribution in [1.82, 2.24) is 0 Å². The number of hydrogen-bond acceptors (Lipinski definition) is 3. The minimum Gasteiger partial charge on any atom is -0.494 e. The molecule has 2 aromatic carbocycles. The number of carbonyl (C=O) groups excluding carboxylic acids is 1. The summed E-state index contributed by atoms with van der Waals surface area (Å²) in [6, 6.07) is 13.3. The van der Waals surface area contributed by atoms with Crippen molar-refractivity contribution >= 4 is 17.6 Å². The Kier molecular flexibility index (Phi) is 6.51. The molecule has 1 atom stereocenters. The highest BCUT2D eigenvalue weighted by atomic mass is 19.1. The maximum atomic E-state index is 13.8. The topological polar surface area (TPSA) is 75.6 Å². The van der Waals surface area contributed by atoms with Crippen LogP contribution in [0.5, 0.6) is 5.75 Å². The summed E-state index contributed by atoms with van der Waals surface area (Å²) < 4.78 is 19.4. The van der Waals surface area contributed by atoms with E-state index in [1.807, 2.05) is 30.3 Å². The van der Waals surface area contributed by atoms with Gasteiger partial charge in [0, 0.05) is 11.6 Å². The van der Waals surface area contributed by atoms with Gasteiger partial charge in [0.25, 0.3) is 0 Å². The van der Waals surface area contributed by atoms with Gasteiger partial charge in [0.2, 0.25) is 5.91 Å². The third-order valence-corrected chi connectivity index (χ3v) is 3.67. The Hall–Kier alpha value is -2.89. The van der Waals surface area contributed by atoms with Crippen molar-refractivity contribution in [3.8, 4) is 5.75 Å². The van der Waals surface area contributed by atoms with Crippen LogP contribution in [0.15, 0.2) is 48.5 Å². The van der Waals surface area contributed by atoms with Crippen molar-refractivity contribution in [2.45, 2.75) is 19.8 Å². The molecule has 1 unspecified atom stereocenters. The molecular formula is C19H20FNO4. The van der Waals surface area contributed by atoms with Gasteiger partial charge < -0.3 is 15.2 Å². The molecule has 6 heteroatoms. The smallest absolute Gasteiger partial charge is 0.307 e. The van der Waals surface area contributed by atoms with Gasteiger partial charge in [-0.3, -0.25) is 9.59 Å². The fourth-order valence-electron chi connectivity index (χ4n) is 2.20. The first-order chi connectivity index (χ1) is 12.0. The lowest BCUT2D eigenvalue weighted by Crippen LogP contribution is -2.22. The number of anilines is 1. The standard InChI is InChI=1S/C19H20FNO4/c1-13(9-10-25-16-5-3-2-4-6-16)19(24)21-15-8-7-14(11-18(22)23)17(20)12-15/h2-8,12-13H,9-11H2,1H3,(H,21,24)(H,22,23). The highest BCUT2D eigenvalue weighted by molar-refractivity contribution is 5.92. The van der Waals surface area contributed by atoms with Gasteiger partial charge in [0.15, 0.2) is 0 Å². The molecule has 2 N–H and O–H groups in total. The number of aliphatic carboxylic acids is 1. The number of benzene rings is 2. The van der Waals surface area contributed by atoms with Crippen molar-refractivity contribution in [3.05, 3.63) is 59.9 Å². The van der Waals surface area contributed by atoms with E-state index in [1.54, 1.807) is 6.92 Å². The van der Waals surface area contributed by atoms with Crippen LogP contribution in [0.25, 0.3) is 0 Å². The average molecular weight is 345 g/mol. The largest absolute Gasteiger partial charge is 0.494 e. The van der Waals surface area contributed by atoms with Crippen molar-refractivity contribution < 1.29 is 23.8 Å². The van der Waals surface area contributed by atoms with Crippen molar-refractivity contribution in [1.29, 1.82) is 0 Å². The van der Waals surface area contributed by atoms with Crippen LogP contribution in [0.1, 0.15) is 18.9 Å². The van der Waals surface area contributed by atoms with Gasteiger partial charge in [-0.15, -0.1) is 0 Å². The number of amides is 1. The van der Waals surface area contributed by atoms with Crippen molar-refractivity contribution in [2.75, 3.05) is 11.9 Å². The first-order valence-electron chi connectivity index (χ1n) is 7.94. The zero-order valence-electron chi connectivity index (χ0n) is 13.9. The van der Waals surface area contributed by atoms with Gasteiger partial charge in [-0.2, -0.15) is 0 Å². The van der Waals surface area contributed by atoms with Gasteiger partial charge in [-0.25, -0.2) is 4.39 Å². The van der Waals surface area contributed by atoms with E-state index in [-0.39, 0.29) is 17.4 Å². The molecule has 0 aliphatic rings. The highest BCUT2D eigenvalue weighted by Crippen LogP contribution is 2.17. The van der Waals surface area contributed by atoms with Crippen LogP contribution in [-0.2, 0) is 16.0 Å². The molecule has 2 rings (SSSR count). The van der Waals surface area contributed by atoms with Gasteiger partial charge in [0.1, 0.15) is 11.6 Å². The molecule has 25 heavy (non-hydrogen) atoms. The summed E-state index contributed by atoms with van der Waals surface area (Å²) in [7, 11) is 0. The Bertz CT molecular complexity index is 733. The normalized spacial score (nSPS) is 11.6. The molecular weight excluding hydrogens is 325 g/mol. The van der Waals surface area contributed by atoms with Gasteiger partial charge in [-0.05, 0) is 36.2 Å². The fraction of sp³-hybridized carbons (Fsp3) is 0.263. The van der Waals surface area contributed by atoms with Crippen molar-refractivity contribution in [2.24, 2.45) is 5.92 Å². The molecule has 0 aromatic heterocycles. The van der Waals surface area contributed by atoms with Crippen LogP contribution in [0.2, 0.25) is 0 Å². The third kappa shape index (κ3) is 5.91. The molecule has 0 radical (unpaired) electrons. The Morgan fingerprint density at radius 2 is 1.92 bits per heavy atom. The minimum absolute atomic E-state index is 0.0785. The summed E-state index contributed by atoms with van der Waals surface area (Å²) in [5.74, 6) is -1.58. The molecule has 2 aromatic rings. The number of rotatable bonds is 8. The van der Waals surface area contributed by atoms with Crippen LogP contribution in [0, 0.1) is 11.7 Å². The lowest BCUT2D eigenvalue weighted by Gasteiger charge is -2.13. The third-order valence-electron chi connectivity index (χ3n) is 3.67. The molecule has 0 heterocycles. The summed E-state index contributed by atoms with van der Waals surface area (Å²) in [4.78, 5) is 22.8. The van der Waals surface area contributed by atoms with Gasteiger partial charge in [-0.1, -0.05) is 31.2 Å². The van der Waals surface area contributed by atoms with Gasteiger partial charge >= 0.3 is 5.97 Å². The van der Waals surface area contributed by atoms with Crippen molar-refractivity contribution in [3.63, 3.8) is 0 Å². The molecule has 0 aliphatic carbocycles. The second-order valence-electron chi connectivity index (χ2n) is 5.72. The van der Waals surface area contributed by atoms with Crippen LogP contribution in [-0.4, -0.2) is 23.6 Å². The molecule has 0 spiro atoms. The van der Waals surface area contributed by atoms with E-state index < -0.39 is 18.2 Å². The maximum absolute atomic E-state index is 13.8. The highest BCUT2D eigenvalue weighted by Gasteiger charge is 2.14. The van der Waals surface area contributed by atoms with Crippen LogP contribution >= 0.6 is 0 Å². The zero-order valence-corrected chi connectivity index (χ0v) is 13.9. The van der Waals surface area contributed by atoms with Crippen LogP contribution in [0.3, 0.4) is 0 Å². The number of ether oxygens (including phenoxy) is 1. The molecule has 0 fully saturated rings. The number of carboxylic acids is 1. The second-order valence-corrected chi connectivity index (χ2v) is 5.72. The lowest BCUT2D eigenvalue weighted by molar-refractivity contribution is -0.136. The number of carbonyl (C=O) groups is 2. The minimum atomic E-state index is -1.11. The molecule has 132 valence electrons. The number of hydrogen-bond donors (Lipinski definition) is 2. The summed E-state index contributed by atoms with van der Waals surface area (Å²) in [5.41, 5.74) is 0.377. The molecule has 0 saturated heterocycles. The van der Waals surface area contributed by atoms with E-state index in [0.717, 1.165) is 11.8 Å². The Morgan fingerprint density at radius 1 is 1.20 bits per heavy atom. The van der Waals surface area contributed by atoms with E-state index in [2.05, 4.69) is 5.32 Å². The van der Waals surface area contributed by atoms with Gasteiger partial charge in [0.05, 0.1) is 13.0 Å². The number of nitrogens with one attached hydrogen (secondary N) is 1. The molecule has 5 nitrogen and oxygen atoms in total. The average Bonchev–Trinajstić information content (AvgIpc) is 2.58. The van der Waals surface area contributed by atoms with Crippen LogP contribution in [0.4, 0.5) is 10.1 Å². The Labute approximate surface area is 145 Å². The maximum Gasteiger partial charge on any atom is 0.307 e. The first-order valence-corrected chi connectivity index (χ1v) is 7.94. The second kappa shape index (κ2) is 8.82. The van der Waals surface area contributed by atoms with E-state index in [1.165, 1.54) is 12.1 Å². The summed E-state index contributed by atoms with van der Waals surface area (Å²) in [6.45, 7) is 2.16. The predicted molar refractivity (Wildman–Crippen MR) is 92.1 cm³/mol. The predicted octanol–water partition coefficient (Wildman–Crippen LogP) is 3.50. The molecule has 0 aliphatic heterocycles. The number of halogens is 1. The first kappa shape index (κ1) is 18.4. The van der Waals surface area contributed by atoms with E-state index in [9.17, 15) is 14.0 Å². The van der Waals surface area contributed by atoms with E-state index in [4.69, 9.17) is 9.84 Å². The number of para-hydroxylation sites is 1. The molecule has 0 bridgehead atoms. The fourth-order valence-corrected chi connectivity index (χ4v) is 2.20. The summed E-state index contributed by atoms with van der Waals surface area (Å²) in [5, 5.41) is 11.3.